The first kappa shape index (κ1) is 28.3. The van der Waals surface area contributed by atoms with E-state index in [4.69, 9.17) is 18.9 Å². The number of unbranched alkanes of at least 4 members (excludes halogenated alkanes) is 2. The molecule has 0 aromatic heterocycles. The van der Waals surface area contributed by atoms with E-state index in [1.165, 1.54) is 0 Å². The summed E-state index contributed by atoms with van der Waals surface area (Å²) in [6.07, 6.45) is -12.1. The van der Waals surface area contributed by atoms with Crippen molar-refractivity contribution in [3.8, 4) is 0 Å². The highest BCUT2D eigenvalue weighted by atomic mass is 16.8. The van der Waals surface area contributed by atoms with Gasteiger partial charge in [0, 0.05) is 6.42 Å². The van der Waals surface area contributed by atoms with Gasteiger partial charge in [-0.05, 0) is 12.3 Å². The van der Waals surface area contributed by atoms with Crippen LogP contribution in [-0.2, 0) is 23.7 Å². The summed E-state index contributed by atoms with van der Waals surface area (Å²) >= 11 is 0. The largest absolute Gasteiger partial charge is 0.463 e. The molecule has 0 bridgehead atoms. The number of rotatable bonds is 11. The number of esters is 1. The van der Waals surface area contributed by atoms with E-state index in [2.05, 4.69) is 13.8 Å². The van der Waals surface area contributed by atoms with Crippen LogP contribution in [0.25, 0.3) is 0 Å². The van der Waals surface area contributed by atoms with Crippen LogP contribution in [0, 0.1) is 5.92 Å². The second kappa shape index (κ2) is 13.2. The molecule has 12 heteroatoms. The van der Waals surface area contributed by atoms with Crippen LogP contribution in [0.3, 0.4) is 0 Å². The Labute approximate surface area is 192 Å². The minimum atomic E-state index is -1.76. The molecule has 2 aliphatic rings. The molecule has 0 saturated carbocycles. The zero-order chi connectivity index (χ0) is 24.7. The molecule has 0 aromatic rings. The maximum absolute atomic E-state index is 12.0. The molecule has 0 aliphatic carbocycles. The lowest BCUT2D eigenvalue weighted by Crippen LogP contribution is -2.63. The molecular formula is C21H38O12. The fourth-order valence-electron chi connectivity index (χ4n) is 3.72. The SMILES string of the molecule is CC(C)CCCCCC(=O)OC[C@H]1O[C@H](O[C@H]2O[C@H](CO)[C@@H](O)[C@H](O)[C@H]2O)[C@H](O)[C@@H](O)[C@@H]1O. The number of ether oxygens (including phenoxy) is 4. The van der Waals surface area contributed by atoms with E-state index in [-0.39, 0.29) is 6.42 Å². The Morgan fingerprint density at radius 3 is 1.88 bits per heavy atom. The molecule has 0 spiro atoms. The van der Waals surface area contributed by atoms with E-state index in [0.29, 0.717) is 12.3 Å². The zero-order valence-corrected chi connectivity index (χ0v) is 19.0. The molecule has 0 radical (unpaired) electrons. The Bertz CT molecular complexity index is 588. The van der Waals surface area contributed by atoms with E-state index in [1.807, 2.05) is 0 Å². The van der Waals surface area contributed by atoms with Crippen molar-refractivity contribution in [1.29, 1.82) is 0 Å². The Kier molecular flexibility index (Phi) is 11.4. The molecule has 12 nitrogen and oxygen atoms in total. The van der Waals surface area contributed by atoms with Gasteiger partial charge < -0.3 is 54.7 Å². The minimum Gasteiger partial charge on any atom is -0.463 e. The molecule has 7 N–H and O–H groups in total. The summed E-state index contributed by atoms with van der Waals surface area (Å²) in [5.41, 5.74) is 0. The quantitative estimate of drug-likeness (QED) is 0.124. The van der Waals surface area contributed by atoms with Gasteiger partial charge in [0.1, 0.15) is 55.4 Å². The summed E-state index contributed by atoms with van der Waals surface area (Å²) in [6, 6.07) is 0. The Hall–Kier alpha value is -0.930. The third kappa shape index (κ3) is 7.79. The van der Waals surface area contributed by atoms with Gasteiger partial charge in [-0.3, -0.25) is 4.79 Å². The molecule has 0 aromatic carbocycles. The molecule has 2 fully saturated rings. The maximum Gasteiger partial charge on any atom is 0.305 e. The van der Waals surface area contributed by atoms with Crippen LogP contribution in [0.2, 0.25) is 0 Å². The van der Waals surface area contributed by atoms with Crippen LogP contribution >= 0.6 is 0 Å². The standard InChI is InChI=1S/C21H38O12/c1-10(2)6-4-3-5-7-13(23)30-9-12-15(25)17(27)19(29)21(32-12)33-20-18(28)16(26)14(24)11(8-22)31-20/h10-12,14-22,24-29H,3-9H2,1-2H3/t11-,12-,14-,15-,16+,17+,18-,19-,20-,21-/m1/s1. The molecule has 0 unspecified atom stereocenters. The van der Waals surface area contributed by atoms with Gasteiger partial charge in [-0.15, -0.1) is 0 Å². The second-order valence-electron chi connectivity index (χ2n) is 9.02. The maximum atomic E-state index is 12.0. The highest BCUT2D eigenvalue weighted by Crippen LogP contribution is 2.28. The monoisotopic (exact) mass is 482 g/mol. The first-order valence-electron chi connectivity index (χ1n) is 11.4. The van der Waals surface area contributed by atoms with Crippen molar-refractivity contribution in [2.45, 2.75) is 107 Å². The van der Waals surface area contributed by atoms with Gasteiger partial charge in [0.2, 0.25) is 0 Å². The molecule has 2 rings (SSSR count). The van der Waals surface area contributed by atoms with E-state index in [0.717, 1.165) is 19.3 Å². The normalized spacial score (nSPS) is 39.6. The summed E-state index contributed by atoms with van der Waals surface area (Å²) in [6.45, 7) is 3.16. The lowest BCUT2D eigenvalue weighted by atomic mass is 9.98. The molecule has 10 atom stereocenters. The summed E-state index contributed by atoms with van der Waals surface area (Å²) in [4.78, 5) is 12.0. The third-order valence-electron chi connectivity index (χ3n) is 5.86. The second-order valence-corrected chi connectivity index (χ2v) is 9.02. The Morgan fingerprint density at radius 1 is 0.788 bits per heavy atom. The Morgan fingerprint density at radius 2 is 1.33 bits per heavy atom. The summed E-state index contributed by atoms with van der Waals surface area (Å²) in [5, 5.41) is 69.6. The predicted molar refractivity (Wildman–Crippen MR) is 110 cm³/mol. The molecular weight excluding hydrogens is 444 g/mol. The van der Waals surface area contributed by atoms with E-state index in [1.54, 1.807) is 0 Å². The third-order valence-corrected chi connectivity index (χ3v) is 5.86. The number of hydrogen-bond acceptors (Lipinski definition) is 12. The fourth-order valence-corrected chi connectivity index (χ4v) is 3.72. The smallest absolute Gasteiger partial charge is 0.305 e. The number of carbonyl (C=O) groups excluding carboxylic acids is 1. The van der Waals surface area contributed by atoms with Gasteiger partial charge in [-0.25, -0.2) is 0 Å². The van der Waals surface area contributed by atoms with Crippen LogP contribution in [0.5, 0.6) is 0 Å². The van der Waals surface area contributed by atoms with E-state index in [9.17, 15) is 40.5 Å². The van der Waals surface area contributed by atoms with Crippen molar-refractivity contribution < 1.29 is 59.5 Å². The van der Waals surface area contributed by atoms with Crippen molar-refractivity contribution in [3.63, 3.8) is 0 Å². The minimum absolute atomic E-state index is 0.191. The number of aliphatic hydroxyl groups excluding tert-OH is 7. The van der Waals surface area contributed by atoms with Crippen molar-refractivity contribution in [3.05, 3.63) is 0 Å². The lowest BCUT2D eigenvalue weighted by molar-refractivity contribution is -0.376. The fraction of sp³-hybridized carbons (Fsp3) is 0.952. The zero-order valence-electron chi connectivity index (χ0n) is 19.0. The molecule has 2 heterocycles. The van der Waals surface area contributed by atoms with Crippen LogP contribution < -0.4 is 0 Å². The average Bonchev–Trinajstić information content (AvgIpc) is 2.78. The van der Waals surface area contributed by atoms with Crippen molar-refractivity contribution >= 4 is 5.97 Å². The average molecular weight is 483 g/mol. The van der Waals surface area contributed by atoms with Gasteiger partial charge in [0.25, 0.3) is 0 Å². The van der Waals surface area contributed by atoms with E-state index >= 15 is 0 Å². The van der Waals surface area contributed by atoms with Crippen LogP contribution in [-0.4, -0.2) is 116 Å². The van der Waals surface area contributed by atoms with Gasteiger partial charge in [0.05, 0.1) is 6.61 Å². The molecule has 2 aliphatic heterocycles. The van der Waals surface area contributed by atoms with Crippen LogP contribution in [0.4, 0.5) is 0 Å². The summed E-state index contributed by atoms with van der Waals surface area (Å²) < 4.78 is 21.1. The Balaban J connectivity index is 1.88. The summed E-state index contributed by atoms with van der Waals surface area (Å²) in [7, 11) is 0. The molecule has 2 saturated heterocycles. The number of carbonyl (C=O) groups is 1. The van der Waals surface area contributed by atoms with Gasteiger partial charge in [-0.2, -0.15) is 0 Å². The predicted octanol–water partition coefficient (Wildman–Crippen LogP) is -2.24. The highest BCUT2D eigenvalue weighted by Gasteiger charge is 2.49. The molecule has 33 heavy (non-hydrogen) atoms. The lowest BCUT2D eigenvalue weighted by Gasteiger charge is -2.44. The highest BCUT2D eigenvalue weighted by molar-refractivity contribution is 5.69. The first-order valence-corrected chi connectivity index (χ1v) is 11.4. The van der Waals surface area contributed by atoms with Crippen LogP contribution in [0.1, 0.15) is 46.0 Å². The topological polar surface area (TPSA) is 196 Å². The van der Waals surface area contributed by atoms with Crippen molar-refractivity contribution in [2.24, 2.45) is 5.92 Å². The van der Waals surface area contributed by atoms with Crippen LogP contribution in [0.15, 0.2) is 0 Å². The van der Waals surface area contributed by atoms with Crippen molar-refractivity contribution in [1.82, 2.24) is 0 Å². The first-order chi connectivity index (χ1) is 15.6. The number of hydrogen-bond donors (Lipinski definition) is 7. The van der Waals surface area contributed by atoms with Gasteiger partial charge in [0.15, 0.2) is 12.6 Å². The van der Waals surface area contributed by atoms with Gasteiger partial charge in [-0.1, -0.05) is 33.1 Å². The molecule has 0 amide bonds. The number of aliphatic hydroxyl groups is 7. The van der Waals surface area contributed by atoms with Crippen molar-refractivity contribution in [2.75, 3.05) is 13.2 Å². The molecule has 194 valence electrons. The van der Waals surface area contributed by atoms with E-state index < -0.39 is 80.6 Å². The van der Waals surface area contributed by atoms with Gasteiger partial charge >= 0.3 is 5.97 Å². The summed E-state index contributed by atoms with van der Waals surface area (Å²) in [5.74, 6) is 0.101.